The number of hydrogen-bond donors (Lipinski definition) is 3. The Hall–Kier alpha value is -2.08. The van der Waals surface area contributed by atoms with E-state index >= 15 is 0 Å². The van der Waals surface area contributed by atoms with E-state index in [-0.39, 0.29) is 0 Å². The van der Waals surface area contributed by atoms with E-state index in [9.17, 15) is 0 Å². The van der Waals surface area contributed by atoms with Gasteiger partial charge in [-0.25, -0.2) is 5.53 Å². The lowest BCUT2D eigenvalue weighted by atomic mass is 10.2. The van der Waals surface area contributed by atoms with Crippen molar-refractivity contribution >= 4 is 16.8 Å². The summed E-state index contributed by atoms with van der Waals surface area (Å²) in [4.78, 5) is 0. The van der Waals surface area contributed by atoms with Crippen LogP contribution in [0, 0.1) is 0 Å². The molecule has 0 amide bonds. The van der Waals surface area contributed by atoms with Gasteiger partial charge in [-0.15, -0.1) is 10.6 Å². The molecular formula is C9H9N5O. The molecule has 0 radical (unpaired) electrons. The molecule has 1 aromatic heterocycles. The highest BCUT2D eigenvalue weighted by Crippen LogP contribution is 2.18. The van der Waals surface area contributed by atoms with Crippen LogP contribution in [0.5, 0.6) is 0 Å². The maximum absolute atomic E-state index is 5.19. The van der Waals surface area contributed by atoms with Crippen molar-refractivity contribution in [3.05, 3.63) is 30.0 Å². The maximum atomic E-state index is 5.19. The monoisotopic (exact) mass is 203 g/mol. The van der Waals surface area contributed by atoms with Crippen molar-refractivity contribution in [2.24, 2.45) is 5.10 Å². The van der Waals surface area contributed by atoms with Crippen molar-refractivity contribution in [2.45, 2.75) is 6.42 Å². The molecule has 3 rings (SSSR count). The fourth-order valence-electron chi connectivity index (χ4n) is 1.53. The van der Waals surface area contributed by atoms with Gasteiger partial charge in [0.15, 0.2) is 5.58 Å². The third-order valence-electron chi connectivity index (χ3n) is 2.24. The molecule has 0 unspecified atom stereocenters. The number of hydrogen-bond acceptors (Lipinski definition) is 6. The first-order valence-corrected chi connectivity index (χ1v) is 4.59. The number of hydrazine groups is 2. The number of fused-ring (bicyclic) bond motifs is 1. The summed E-state index contributed by atoms with van der Waals surface area (Å²) in [6.45, 7) is 0. The lowest BCUT2D eigenvalue weighted by Gasteiger charge is -1.96. The van der Waals surface area contributed by atoms with Gasteiger partial charge >= 0.3 is 0 Å². The molecule has 76 valence electrons. The van der Waals surface area contributed by atoms with E-state index in [2.05, 4.69) is 26.8 Å². The fraction of sp³-hybridized carbons (Fsp3) is 0.111. The predicted octanol–water partition coefficient (Wildman–Crippen LogP) is 0.296. The van der Waals surface area contributed by atoms with Crippen molar-refractivity contribution in [1.29, 1.82) is 0 Å². The fourth-order valence-corrected chi connectivity index (χ4v) is 1.53. The van der Waals surface area contributed by atoms with Gasteiger partial charge in [0.25, 0.3) is 0 Å². The average Bonchev–Trinajstić information content (AvgIpc) is 2.89. The Balaban J connectivity index is 1.97. The molecule has 0 bridgehead atoms. The first kappa shape index (κ1) is 8.25. The number of nitrogens with zero attached hydrogens (tertiary/aromatic N) is 2. The molecule has 1 aliphatic heterocycles. The van der Waals surface area contributed by atoms with Gasteiger partial charge in [-0.3, -0.25) is 5.43 Å². The topological polar surface area (TPSA) is 74.5 Å². The second-order valence-electron chi connectivity index (χ2n) is 3.22. The van der Waals surface area contributed by atoms with Crippen LogP contribution < -0.4 is 16.5 Å². The van der Waals surface area contributed by atoms with Crippen LogP contribution in [0.4, 0.5) is 0 Å². The number of aromatic nitrogens is 1. The summed E-state index contributed by atoms with van der Waals surface area (Å²) in [5.41, 5.74) is 9.81. The molecule has 0 fully saturated rings. The second kappa shape index (κ2) is 3.25. The molecule has 2 heterocycles. The molecule has 0 atom stereocenters. The molecule has 0 saturated carbocycles. The van der Waals surface area contributed by atoms with E-state index in [1.807, 2.05) is 24.3 Å². The highest BCUT2D eigenvalue weighted by atomic mass is 16.5. The summed E-state index contributed by atoms with van der Waals surface area (Å²) >= 11 is 0. The molecule has 3 N–H and O–H groups in total. The van der Waals surface area contributed by atoms with Gasteiger partial charge in [0.2, 0.25) is 0 Å². The minimum atomic E-state index is 0.608. The Morgan fingerprint density at radius 3 is 3.07 bits per heavy atom. The zero-order valence-electron chi connectivity index (χ0n) is 7.82. The molecule has 0 aliphatic carbocycles. The Morgan fingerprint density at radius 2 is 2.20 bits per heavy atom. The van der Waals surface area contributed by atoms with Gasteiger partial charge < -0.3 is 4.52 Å². The van der Waals surface area contributed by atoms with E-state index in [1.54, 1.807) is 0 Å². The molecule has 0 saturated heterocycles. The van der Waals surface area contributed by atoms with Crippen LogP contribution in [-0.4, -0.2) is 11.0 Å². The lowest BCUT2D eigenvalue weighted by Crippen LogP contribution is -2.35. The van der Waals surface area contributed by atoms with Crippen LogP contribution in [0.15, 0.2) is 33.9 Å². The largest absolute Gasteiger partial charge is 0.356 e. The van der Waals surface area contributed by atoms with E-state index in [0.717, 1.165) is 22.5 Å². The quantitative estimate of drug-likeness (QED) is 0.654. The first-order valence-electron chi connectivity index (χ1n) is 4.59. The minimum Gasteiger partial charge on any atom is -0.356 e. The van der Waals surface area contributed by atoms with Crippen molar-refractivity contribution in [3.63, 3.8) is 0 Å². The summed E-state index contributed by atoms with van der Waals surface area (Å²) in [6, 6.07) is 7.76. The van der Waals surface area contributed by atoms with Crippen molar-refractivity contribution < 1.29 is 4.52 Å². The Kier molecular flexibility index (Phi) is 1.79. The average molecular weight is 203 g/mol. The summed E-state index contributed by atoms with van der Waals surface area (Å²) < 4.78 is 5.19. The van der Waals surface area contributed by atoms with E-state index in [0.29, 0.717) is 6.42 Å². The first-order chi connectivity index (χ1) is 7.43. The molecule has 6 heteroatoms. The Morgan fingerprint density at radius 1 is 1.27 bits per heavy atom. The van der Waals surface area contributed by atoms with Gasteiger partial charge in [-0.2, -0.15) is 0 Å². The minimum absolute atomic E-state index is 0.608. The highest BCUT2D eigenvalue weighted by Gasteiger charge is 2.12. The van der Waals surface area contributed by atoms with E-state index < -0.39 is 0 Å². The summed E-state index contributed by atoms with van der Waals surface area (Å²) in [5.74, 6) is 0.786. The zero-order chi connectivity index (χ0) is 10.1. The molecule has 1 aromatic carbocycles. The van der Waals surface area contributed by atoms with Crippen LogP contribution in [0.3, 0.4) is 0 Å². The van der Waals surface area contributed by atoms with Crippen LogP contribution >= 0.6 is 0 Å². The van der Waals surface area contributed by atoms with Gasteiger partial charge in [0, 0.05) is 5.39 Å². The third-order valence-corrected chi connectivity index (χ3v) is 2.24. The number of benzene rings is 1. The van der Waals surface area contributed by atoms with Gasteiger partial charge in [0.1, 0.15) is 5.84 Å². The number of para-hydroxylation sites is 1. The maximum Gasteiger partial charge on any atom is 0.167 e. The normalized spacial score (nSPS) is 14.8. The van der Waals surface area contributed by atoms with Gasteiger partial charge in [-0.05, 0) is 12.1 Å². The van der Waals surface area contributed by atoms with Crippen LogP contribution in [0.1, 0.15) is 5.69 Å². The van der Waals surface area contributed by atoms with Crippen molar-refractivity contribution in [3.8, 4) is 0 Å². The number of rotatable bonds is 2. The molecule has 2 aromatic rings. The predicted molar refractivity (Wildman–Crippen MR) is 54.6 cm³/mol. The van der Waals surface area contributed by atoms with Crippen molar-refractivity contribution in [2.75, 3.05) is 0 Å². The zero-order valence-corrected chi connectivity index (χ0v) is 7.82. The molecular weight excluding hydrogens is 194 g/mol. The van der Waals surface area contributed by atoms with Gasteiger partial charge in [0.05, 0.1) is 12.1 Å². The second-order valence-corrected chi connectivity index (χ2v) is 3.22. The van der Waals surface area contributed by atoms with Crippen molar-refractivity contribution in [1.82, 2.24) is 21.7 Å². The number of nitrogens with one attached hydrogen (secondary N) is 3. The Labute approximate surface area is 85.3 Å². The Bertz CT molecular complexity index is 518. The summed E-state index contributed by atoms with van der Waals surface area (Å²) in [5, 5.41) is 9.01. The third kappa shape index (κ3) is 1.40. The number of hydrazone groups is 1. The van der Waals surface area contributed by atoms with Crippen LogP contribution in [0.25, 0.3) is 11.0 Å². The van der Waals surface area contributed by atoms with Crippen LogP contribution in [-0.2, 0) is 6.42 Å². The lowest BCUT2D eigenvalue weighted by molar-refractivity contribution is 0.448. The highest BCUT2D eigenvalue weighted by molar-refractivity contribution is 5.89. The molecule has 1 aliphatic rings. The summed E-state index contributed by atoms with van der Waals surface area (Å²) in [6.07, 6.45) is 0.608. The van der Waals surface area contributed by atoms with Gasteiger partial charge in [-0.1, -0.05) is 17.3 Å². The van der Waals surface area contributed by atoms with E-state index in [4.69, 9.17) is 4.52 Å². The molecule has 0 spiro atoms. The number of amidine groups is 1. The SMILES string of the molecule is c1ccc2c(CC3=NNNN3)noc2c1. The smallest absolute Gasteiger partial charge is 0.167 e. The van der Waals surface area contributed by atoms with E-state index in [1.165, 1.54) is 0 Å². The molecule has 6 nitrogen and oxygen atoms in total. The van der Waals surface area contributed by atoms with Crippen LogP contribution in [0.2, 0.25) is 0 Å². The standard InChI is InChI=1S/C9H9N5O/c1-2-4-8-6(3-1)7(12-15-8)5-9-10-13-14-11-9/h1-4,13-14H,5H2,(H,10,11). The summed E-state index contributed by atoms with van der Waals surface area (Å²) in [7, 11) is 0. The molecule has 15 heavy (non-hydrogen) atoms.